The van der Waals surface area contributed by atoms with Crippen molar-refractivity contribution in [1.29, 1.82) is 0 Å². The minimum atomic E-state index is -1.37. The number of nitrogens with one attached hydrogen (secondary N) is 1. The molecular weight excluding hydrogens is 306 g/mol. The molecular formula is C16H12F2N2O3. The lowest BCUT2D eigenvalue weighted by Crippen LogP contribution is -2.06. The third-order valence-corrected chi connectivity index (χ3v) is 3.50. The number of carboxylic acid groups (broad SMARTS) is 1. The van der Waals surface area contributed by atoms with Gasteiger partial charge < -0.3 is 14.8 Å². The maximum atomic E-state index is 14.5. The van der Waals surface area contributed by atoms with E-state index in [9.17, 15) is 18.7 Å². The van der Waals surface area contributed by atoms with E-state index in [4.69, 9.17) is 4.42 Å². The Labute approximate surface area is 129 Å². The van der Waals surface area contributed by atoms with Gasteiger partial charge in [0.2, 0.25) is 0 Å². The highest BCUT2D eigenvalue weighted by Gasteiger charge is 2.21. The highest BCUT2D eigenvalue weighted by Crippen LogP contribution is 2.31. The largest absolute Gasteiger partial charge is 0.478 e. The third-order valence-electron chi connectivity index (χ3n) is 3.50. The molecule has 0 atom stereocenters. The van der Waals surface area contributed by atoms with E-state index in [0.29, 0.717) is 6.42 Å². The Kier molecular flexibility index (Phi) is 3.69. The lowest BCUT2D eigenvalue weighted by Gasteiger charge is -2.12. The number of hydrogen-bond donors (Lipinski definition) is 2. The van der Waals surface area contributed by atoms with Crippen molar-refractivity contribution in [2.45, 2.75) is 13.3 Å². The van der Waals surface area contributed by atoms with Gasteiger partial charge in [-0.15, -0.1) is 0 Å². The maximum Gasteiger partial charge on any atom is 0.338 e. The normalized spacial score (nSPS) is 10.9. The molecule has 2 aromatic carbocycles. The molecule has 0 bridgehead atoms. The molecule has 118 valence electrons. The molecule has 1 heterocycles. The van der Waals surface area contributed by atoms with Gasteiger partial charge in [0.25, 0.3) is 0 Å². The molecule has 2 N–H and O–H groups in total. The van der Waals surface area contributed by atoms with E-state index in [1.54, 1.807) is 6.07 Å². The number of aryl methyl sites for hydroxylation is 1. The first-order valence-electron chi connectivity index (χ1n) is 6.85. The van der Waals surface area contributed by atoms with Crippen LogP contribution in [0.5, 0.6) is 0 Å². The van der Waals surface area contributed by atoms with Crippen LogP contribution in [0, 0.1) is 11.6 Å². The minimum absolute atomic E-state index is 0.00672. The van der Waals surface area contributed by atoms with Crippen LogP contribution in [0.4, 0.5) is 20.2 Å². The average molecular weight is 318 g/mol. The van der Waals surface area contributed by atoms with E-state index in [0.717, 1.165) is 18.0 Å². The summed E-state index contributed by atoms with van der Waals surface area (Å²) >= 11 is 0. The number of rotatable bonds is 4. The van der Waals surface area contributed by atoms with Gasteiger partial charge in [-0.1, -0.05) is 13.0 Å². The molecule has 0 aliphatic carbocycles. The van der Waals surface area contributed by atoms with Gasteiger partial charge in [-0.3, -0.25) is 0 Å². The molecule has 7 heteroatoms. The van der Waals surface area contributed by atoms with Crippen molar-refractivity contribution in [3.8, 4) is 0 Å². The van der Waals surface area contributed by atoms with Crippen LogP contribution in [0.25, 0.3) is 11.1 Å². The molecule has 0 fully saturated rings. The van der Waals surface area contributed by atoms with Crippen LogP contribution in [0.15, 0.2) is 35.1 Å². The molecule has 0 spiro atoms. The predicted octanol–water partition coefficient (Wildman–Crippen LogP) is 4.11. The fraction of sp³-hybridized carbons (Fsp3) is 0.125. The molecule has 0 unspecified atom stereocenters. The zero-order valence-electron chi connectivity index (χ0n) is 12.1. The smallest absolute Gasteiger partial charge is 0.338 e. The van der Waals surface area contributed by atoms with Gasteiger partial charge >= 0.3 is 5.97 Å². The second-order valence-corrected chi connectivity index (χ2v) is 4.91. The number of anilines is 2. The number of aromatic nitrogens is 1. The van der Waals surface area contributed by atoms with Crippen molar-refractivity contribution in [3.05, 3.63) is 53.4 Å². The van der Waals surface area contributed by atoms with Crippen LogP contribution < -0.4 is 5.32 Å². The summed E-state index contributed by atoms with van der Waals surface area (Å²) in [4.78, 5) is 15.1. The summed E-state index contributed by atoms with van der Waals surface area (Å²) in [7, 11) is 0. The fourth-order valence-corrected chi connectivity index (χ4v) is 2.27. The molecule has 0 saturated heterocycles. The van der Waals surface area contributed by atoms with E-state index < -0.39 is 17.6 Å². The van der Waals surface area contributed by atoms with Crippen LogP contribution in [0.2, 0.25) is 0 Å². The standard InChI is InChI=1S/C16H12F2N2O3/c1-2-8-3-4-11(10(17)5-8)20-14-9(16(21)22)6-12-15(13(14)18)19-7-23-12/h3-7,20H,2H2,1H3,(H,21,22). The first-order chi connectivity index (χ1) is 11.0. The van der Waals surface area contributed by atoms with E-state index >= 15 is 0 Å². The van der Waals surface area contributed by atoms with Crippen molar-refractivity contribution in [2.24, 2.45) is 0 Å². The van der Waals surface area contributed by atoms with Gasteiger partial charge in [0.15, 0.2) is 17.8 Å². The molecule has 23 heavy (non-hydrogen) atoms. The Morgan fingerprint density at radius 1 is 1.35 bits per heavy atom. The average Bonchev–Trinajstić information content (AvgIpc) is 3.00. The van der Waals surface area contributed by atoms with Gasteiger partial charge in [-0.25, -0.2) is 18.6 Å². The Morgan fingerprint density at radius 2 is 2.13 bits per heavy atom. The van der Waals surface area contributed by atoms with Crippen LogP contribution in [0.1, 0.15) is 22.8 Å². The topological polar surface area (TPSA) is 75.4 Å². The summed E-state index contributed by atoms with van der Waals surface area (Å²) < 4.78 is 33.5. The van der Waals surface area contributed by atoms with E-state index in [2.05, 4.69) is 10.3 Å². The molecule has 0 aliphatic heterocycles. The number of aromatic carboxylic acids is 1. The maximum absolute atomic E-state index is 14.5. The van der Waals surface area contributed by atoms with Crippen LogP contribution in [-0.2, 0) is 6.42 Å². The van der Waals surface area contributed by atoms with E-state index in [1.165, 1.54) is 12.1 Å². The summed E-state index contributed by atoms with van der Waals surface area (Å²) in [5.41, 5.74) is -0.0894. The number of oxazole rings is 1. The lowest BCUT2D eigenvalue weighted by atomic mass is 10.1. The molecule has 3 rings (SSSR count). The molecule has 0 radical (unpaired) electrons. The first-order valence-corrected chi connectivity index (χ1v) is 6.85. The summed E-state index contributed by atoms with van der Waals surface area (Å²) in [5, 5.41) is 11.8. The molecule has 0 saturated carbocycles. The Morgan fingerprint density at radius 3 is 2.78 bits per heavy atom. The van der Waals surface area contributed by atoms with Gasteiger partial charge in [0.1, 0.15) is 11.3 Å². The Hall–Kier alpha value is -2.96. The second-order valence-electron chi connectivity index (χ2n) is 4.91. The van der Waals surface area contributed by atoms with Crippen molar-refractivity contribution in [2.75, 3.05) is 5.32 Å². The molecule has 5 nitrogen and oxygen atoms in total. The molecule has 3 aromatic rings. The summed E-state index contributed by atoms with van der Waals surface area (Å²) in [6.07, 6.45) is 1.66. The summed E-state index contributed by atoms with van der Waals surface area (Å²) in [6.45, 7) is 1.88. The fourth-order valence-electron chi connectivity index (χ4n) is 2.27. The number of nitrogens with zero attached hydrogens (tertiary/aromatic N) is 1. The predicted molar refractivity (Wildman–Crippen MR) is 80.0 cm³/mol. The molecule has 1 aromatic heterocycles. The zero-order valence-corrected chi connectivity index (χ0v) is 12.1. The highest BCUT2D eigenvalue weighted by atomic mass is 19.1. The van der Waals surface area contributed by atoms with Crippen LogP contribution in [-0.4, -0.2) is 16.1 Å². The van der Waals surface area contributed by atoms with Gasteiger partial charge in [-0.05, 0) is 30.2 Å². The lowest BCUT2D eigenvalue weighted by molar-refractivity contribution is 0.0697. The number of carboxylic acids is 1. The van der Waals surface area contributed by atoms with Crippen LogP contribution >= 0.6 is 0 Å². The summed E-state index contributed by atoms with van der Waals surface area (Å²) in [6, 6.07) is 5.58. The van der Waals surface area contributed by atoms with Gasteiger partial charge in [0, 0.05) is 0 Å². The zero-order chi connectivity index (χ0) is 16.6. The number of halogens is 2. The van der Waals surface area contributed by atoms with Crippen molar-refractivity contribution in [3.63, 3.8) is 0 Å². The summed E-state index contributed by atoms with van der Waals surface area (Å²) in [5.74, 6) is -2.87. The van der Waals surface area contributed by atoms with Gasteiger partial charge in [-0.2, -0.15) is 0 Å². The first kappa shape index (κ1) is 15.0. The van der Waals surface area contributed by atoms with Crippen molar-refractivity contribution < 1.29 is 23.1 Å². The van der Waals surface area contributed by atoms with Crippen molar-refractivity contribution >= 4 is 28.4 Å². The van der Waals surface area contributed by atoms with E-state index in [-0.39, 0.29) is 28.0 Å². The molecule has 0 amide bonds. The van der Waals surface area contributed by atoms with Crippen molar-refractivity contribution in [1.82, 2.24) is 4.98 Å². The monoisotopic (exact) mass is 318 g/mol. The SMILES string of the molecule is CCc1ccc(Nc2c(C(=O)O)cc3ocnc3c2F)c(F)c1. The Bertz CT molecular complexity index is 906. The second kappa shape index (κ2) is 5.68. The van der Waals surface area contributed by atoms with E-state index in [1.807, 2.05) is 6.92 Å². The quantitative estimate of drug-likeness (QED) is 0.757. The highest BCUT2D eigenvalue weighted by molar-refractivity contribution is 6.00. The number of benzene rings is 2. The molecule has 0 aliphatic rings. The number of hydrogen-bond acceptors (Lipinski definition) is 4. The third kappa shape index (κ3) is 2.61. The van der Waals surface area contributed by atoms with Crippen LogP contribution in [0.3, 0.4) is 0 Å². The number of carbonyl (C=O) groups is 1. The minimum Gasteiger partial charge on any atom is -0.478 e. The van der Waals surface area contributed by atoms with Gasteiger partial charge in [0.05, 0.1) is 16.9 Å². The Balaban J connectivity index is 2.13. The number of fused-ring (bicyclic) bond motifs is 1.